The number of carbonyl (C=O) groups is 1. The van der Waals surface area contributed by atoms with Gasteiger partial charge in [0.1, 0.15) is 17.9 Å². The number of quaternary nitrogens is 1. The fraction of sp³-hybridized carbons (Fsp3) is 0.300. The number of hydrogen-bond acceptors (Lipinski definition) is 5. The second kappa shape index (κ2) is 12.8. The van der Waals surface area contributed by atoms with E-state index in [2.05, 4.69) is 26.0 Å². The molecule has 0 fully saturated rings. The van der Waals surface area contributed by atoms with Crippen molar-refractivity contribution in [2.24, 2.45) is 0 Å². The molecule has 0 radical (unpaired) electrons. The Morgan fingerprint density at radius 3 is 2.27 bits per heavy atom. The highest BCUT2D eigenvalue weighted by Gasteiger charge is 2.22. The van der Waals surface area contributed by atoms with Crippen LogP contribution in [0.5, 0.6) is 17.2 Å². The first-order valence-corrected chi connectivity index (χ1v) is 12.4. The third kappa shape index (κ3) is 7.13. The molecule has 0 saturated carbocycles. The molecule has 0 saturated heterocycles. The number of halogens is 1. The average molecular weight is 524 g/mol. The molecule has 3 aromatic rings. The van der Waals surface area contributed by atoms with Crippen LogP contribution in [0.25, 0.3) is 11.6 Å². The number of phenolic OH excluding ortho intramolecular Hbond substituents is 1. The number of aliphatic hydroxyl groups excluding tert-OH is 1. The lowest BCUT2D eigenvalue weighted by Crippen LogP contribution is -3.00. The number of aromatic hydroxyl groups is 1. The van der Waals surface area contributed by atoms with Crippen LogP contribution in [0, 0.1) is 0 Å². The van der Waals surface area contributed by atoms with Crippen LogP contribution in [0.2, 0.25) is 0 Å². The quantitative estimate of drug-likeness (QED) is 0.276. The van der Waals surface area contributed by atoms with Crippen molar-refractivity contribution < 1.29 is 42.2 Å². The van der Waals surface area contributed by atoms with Crippen molar-refractivity contribution in [3.8, 4) is 17.2 Å². The number of nitrogens with two attached hydrogens (primary N) is 1. The number of Topliss-reactive ketones (excluding diaryl/α,β-unsaturated/α-hetero) is 1. The van der Waals surface area contributed by atoms with Gasteiger partial charge in [0.25, 0.3) is 0 Å². The molecule has 37 heavy (non-hydrogen) atoms. The van der Waals surface area contributed by atoms with Gasteiger partial charge in [-0.2, -0.15) is 0 Å². The minimum Gasteiger partial charge on any atom is -1.00 e. The molecule has 1 aliphatic rings. The maximum absolute atomic E-state index is 13.4. The van der Waals surface area contributed by atoms with Crippen molar-refractivity contribution in [2.45, 2.75) is 45.3 Å². The summed E-state index contributed by atoms with van der Waals surface area (Å²) in [6, 6.07) is 20.2. The van der Waals surface area contributed by atoms with E-state index in [1.165, 1.54) is 5.56 Å². The van der Waals surface area contributed by atoms with Crippen LogP contribution in [0.4, 0.5) is 0 Å². The molecule has 1 heterocycles. The van der Waals surface area contributed by atoms with Gasteiger partial charge in [-0.1, -0.05) is 56.3 Å². The maximum Gasteiger partial charge on any atom is 0.231 e. The standard InChI is InChI=1S/C30H33NO5.ClH/c1-19(2)22-6-4-21(5-7-22)16-26(24-10-13-28-29(17-24)36-18-35-28)27(33)14-15-31-20(3)30(34)23-8-11-25(32)12-9-23;/h4-13,16-17,19-20,30-32,34H,14-15,18H2,1-3H3;1H/b26-16+;. The SMILES string of the molecule is CC(C)c1ccc(/C=C(/C(=O)CC[NH2+]C(C)C(O)c2ccc(O)cc2)c2ccc3c(c2)OCO3)cc1.[Cl-]. The molecule has 7 heteroatoms. The zero-order chi connectivity index (χ0) is 25.7. The Kier molecular flexibility index (Phi) is 9.75. The first-order valence-electron chi connectivity index (χ1n) is 12.4. The normalized spacial score (nSPS) is 14.2. The maximum atomic E-state index is 13.4. The molecule has 0 amide bonds. The van der Waals surface area contributed by atoms with E-state index in [0.29, 0.717) is 36.0 Å². The van der Waals surface area contributed by atoms with Gasteiger partial charge in [-0.15, -0.1) is 0 Å². The molecule has 3 aromatic carbocycles. The fourth-order valence-corrected chi connectivity index (χ4v) is 4.25. The van der Waals surface area contributed by atoms with Gasteiger partial charge < -0.3 is 37.4 Å². The Bertz CT molecular complexity index is 1220. The summed E-state index contributed by atoms with van der Waals surface area (Å²) in [5.41, 5.74) is 4.34. The predicted octanol–water partition coefficient (Wildman–Crippen LogP) is 1.43. The summed E-state index contributed by atoms with van der Waals surface area (Å²) in [5.74, 6) is 1.93. The molecule has 4 N–H and O–H groups in total. The zero-order valence-corrected chi connectivity index (χ0v) is 22.1. The summed E-state index contributed by atoms with van der Waals surface area (Å²) in [6.45, 7) is 6.94. The van der Waals surface area contributed by atoms with E-state index in [1.807, 2.05) is 48.6 Å². The van der Waals surface area contributed by atoms with Crippen molar-refractivity contribution in [1.29, 1.82) is 0 Å². The molecule has 0 aliphatic carbocycles. The van der Waals surface area contributed by atoms with Crippen molar-refractivity contribution in [3.63, 3.8) is 0 Å². The van der Waals surface area contributed by atoms with Crippen LogP contribution in [0.15, 0.2) is 66.7 Å². The van der Waals surface area contributed by atoms with E-state index < -0.39 is 6.10 Å². The van der Waals surface area contributed by atoms with Gasteiger partial charge in [0.05, 0.1) is 13.0 Å². The van der Waals surface area contributed by atoms with Gasteiger partial charge in [0.2, 0.25) is 6.79 Å². The van der Waals surface area contributed by atoms with E-state index in [4.69, 9.17) is 9.47 Å². The van der Waals surface area contributed by atoms with Crippen LogP contribution in [-0.2, 0) is 4.79 Å². The molecule has 4 rings (SSSR count). The Hall–Kier alpha value is -3.32. The molecule has 0 spiro atoms. The van der Waals surface area contributed by atoms with Crippen molar-refractivity contribution in [2.75, 3.05) is 13.3 Å². The van der Waals surface area contributed by atoms with Gasteiger partial charge >= 0.3 is 0 Å². The summed E-state index contributed by atoms with van der Waals surface area (Å²) in [6.07, 6.45) is 1.54. The summed E-state index contributed by atoms with van der Waals surface area (Å²) in [5, 5.41) is 22.1. The van der Waals surface area contributed by atoms with Gasteiger partial charge in [-0.3, -0.25) is 4.79 Å². The number of ketones is 1. The highest BCUT2D eigenvalue weighted by atomic mass is 35.5. The highest BCUT2D eigenvalue weighted by Crippen LogP contribution is 2.35. The summed E-state index contributed by atoms with van der Waals surface area (Å²) >= 11 is 0. The number of hydrogen-bond donors (Lipinski definition) is 3. The Morgan fingerprint density at radius 2 is 1.59 bits per heavy atom. The second-order valence-electron chi connectivity index (χ2n) is 9.54. The van der Waals surface area contributed by atoms with Crippen molar-refractivity contribution >= 4 is 17.4 Å². The highest BCUT2D eigenvalue weighted by molar-refractivity contribution is 6.25. The topological polar surface area (TPSA) is 92.6 Å². The average Bonchev–Trinajstić information content (AvgIpc) is 3.35. The minimum absolute atomic E-state index is 0. The van der Waals surface area contributed by atoms with Crippen LogP contribution in [0.1, 0.15) is 61.5 Å². The Balaban J connectivity index is 0.00000380. The molecule has 0 aromatic heterocycles. The molecule has 1 aliphatic heterocycles. The van der Waals surface area contributed by atoms with Crippen LogP contribution in [0.3, 0.4) is 0 Å². The molecule has 2 unspecified atom stereocenters. The number of fused-ring (bicyclic) bond motifs is 1. The number of allylic oxidation sites excluding steroid dienone is 1. The third-order valence-electron chi connectivity index (χ3n) is 6.54. The lowest BCUT2D eigenvalue weighted by Gasteiger charge is -2.18. The third-order valence-corrected chi connectivity index (χ3v) is 6.54. The van der Waals surface area contributed by atoms with E-state index in [0.717, 1.165) is 16.7 Å². The molecule has 0 bridgehead atoms. The smallest absolute Gasteiger partial charge is 0.231 e. The predicted molar refractivity (Wildman–Crippen MR) is 140 cm³/mol. The van der Waals surface area contributed by atoms with Gasteiger partial charge in [0.15, 0.2) is 17.3 Å². The molecule has 196 valence electrons. The monoisotopic (exact) mass is 523 g/mol. The van der Waals surface area contributed by atoms with E-state index in [1.54, 1.807) is 24.3 Å². The number of rotatable bonds is 10. The van der Waals surface area contributed by atoms with Crippen LogP contribution < -0.4 is 27.2 Å². The number of aliphatic hydroxyl groups is 1. The lowest BCUT2D eigenvalue weighted by molar-refractivity contribution is -0.693. The number of ether oxygens (including phenoxy) is 2. The summed E-state index contributed by atoms with van der Waals surface area (Å²) < 4.78 is 11.0. The lowest BCUT2D eigenvalue weighted by atomic mass is 9.95. The van der Waals surface area contributed by atoms with Crippen LogP contribution >= 0.6 is 0 Å². The first kappa shape index (κ1) is 28.3. The first-order chi connectivity index (χ1) is 17.3. The molecular formula is C30H34ClNO5. The van der Waals surface area contributed by atoms with E-state index in [9.17, 15) is 15.0 Å². The number of carbonyl (C=O) groups excluding carboxylic acids is 1. The molecule has 6 nitrogen and oxygen atoms in total. The van der Waals surface area contributed by atoms with Crippen LogP contribution in [-0.4, -0.2) is 35.4 Å². The summed E-state index contributed by atoms with van der Waals surface area (Å²) in [4.78, 5) is 13.4. The van der Waals surface area contributed by atoms with E-state index in [-0.39, 0.29) is 36.8 Å². The largest absolute Gasteiger partial charge is 1.00 e. The second-order valence-corrected chi connectivity index (χ2v) is 9.54. The number of benzene rings is 3. The van der Waals surface area contributed by atoms with Gasteiger partial charge in [-0.05, 0) is 65.4 Å². The minimum atomic E-state index is -0.705. The Morgan fingerprint density at radius 1 is 0.946 bits per heavy atom. The summed E-state index contributed by atoms with van der Waals surface area (Å²) in [7, 11) is 0. The fourth-order valence-electron chi connectivity index (χ4n) is 4.25. The van der Waals surface area contributed by atoms with Gasteiger partial charge in [-0.25, -0.2) is 0 Å². The molecule has 2 atom stereocenters. The zero-order valence-electron chi connectivity index (χ0n) is 21.4. The van der Waals surface area contributed by atoms with E-state index >= 15 is 0 Å². The number of phenols is 1. The molecular weight excluding hydrogens is 490 g/mol. The van der Waals surface area contributed by atoms with Crippen molar-refractivity contribution in [1.82, 2.24) is 0 Å². The van der Waals surface area contributed by atoms with Crippen molar-refractivity contribution in [3.05, 3.63) is 89.0 Å². The Labute approximate surface area is 224 Å². The van der Waals surface area contributed by atoms with Gasteiger partial charge in [0, 0.05) is 5.57 Å².